The normalized spacial score (nSPS) is 19.3. The minimum Gasteiger partial charge on any atom is -0.508 e. The van der Waals surface area contributed by atoms with Crippen molar-refractivity contribution >= 4 is 0 Å². The Labute approximate surface area is 173 Å². The molecule has 0 aromatic heterocycles. The molecule has 0 fully saturated rings. The summed E-state index contributed by atoms with van der Waals surface area (Å²) in [6.45, 7) is 0. The van der Waals surface area contributed by atoms with Crippen molar-refractivity contribution < 1.29 is 29.9 Å². The van der Waals surface area contributed by atoms with Crippen LogP contribution in [-0.4, -0.2) is 33.6 Å². The zero-order valence-electron chi connectivity index (χ0n) is 16.4. The van der Waals surface area contributed by atoms with Crippen molar-refractivity contribution in [1.82, 2.24) is 0 Å². The maximum Gasteiger partial charge on any atom is 0.160 e. The quantitative estimate of drug-likeness (QED) is 0.519. The van der Waals surface area contributed by atoms with Crippen LogP contribution in [0.2, 0.25) is 0 Å². The van der Waals surface area contributed by atoms with Crippen molar-refractivity contribution in [2.45, 2.75) is 31.5 Å². The highest BCUT2D eigenvalue weighted by atomic mass is 16.5. The van der Waals surface area contributed by atoms with Gasteiger partial charge in [0.15, 0.2) is 11.5 Å². The molecule has 2 unspecified atom stereocenters. The molecule has 0 amide bonds. The van der Waals surface area contributed by atoms with Gasteiger partial charge in [-0.15, -0.1) is 0 Å². The van der Waals surface area contributed by atoms with Gasteiger partial charge in [-0.25, -0.2) is 0 Å². The highest BCUT2D eigenvalue weighted by molar-refractivity contribution is 5.81. The molecule has 0 spiro atoms. The van der Waals surface area contributed by atoms with Crippen LogP contribution in [0.4, 0.5) is 0 Å². The molecule has 0 saturated heterocycles. The van der Waals surface area contributed by atoms with Crippen LogP contribution in [0.5, 0.6) is 28.7 Å². The molecule has 30 heavy (non-hydrogen) atoms. The third kappa shape index (κ3) is 2.83. The first-order valence-electron chi connectivity index (χ1n) is 9.88. The summed E-state index contributed by atoms with van der Waals surface area (Å²) in [5, 5.41) is 41.3. The van der Waals surface area contributed by atoms with Crippen molar-refractivity contribution in [3.63, 3.8) is 0 Å². The molecule has 1 aliphatic heterocycles. The van der Waals surface area contributed by atoms with Gasteiger partial charge in [-0.2, -0.15) is 0 Å². The van der Waals surface area contributed by atoms with Gasteiger partial charge in [-0.05, 0) is 59.4 Å². The average molecular weight is 406 g/mol. The fourth-order valence-electron chi connectivity index (χ4n) is 4.63. The molecule has 5 rings (SSSR count). The number of phenols is 3. The van der Waals surface area contributed by atoms with Gasteiger partial charge in [-0.1, -0.05) is 12.1 Å². The third-order valence-electron chi connectivity index (χ3n) is 6.04. The van der Waals surface area contributed by atoms with Gasteiger partial charge in [-0.3, -0.25) is 0 Å². The van der Waals surface area contributed by atoms with Crippen molar-refractivity contribution in [2.24, 2.45) is 0 Å². The predicted octanol–water partition coefficient (Wildman–Crippen LogP) is 3.61. The summed E-state index contributed by atoms with van der Waals surface area (Å²) in [6, 6.07) is 11.6. The summed E-state index contributed by atoms with van der Waals surface area (Å²) >= 11 is 0. The topological polar surface area (TPSA) is 99.4 Å². The number of benzene rings is 3. The number of aliphatic hydroxyl groups excluding tert-OH is 1. The molecule has 6 heteroatoms. The minimum absolute atomic E-state index is 0.0170. The first kappa shape index (κ1) is 18.6. The molecular formula is C24H22O6. The van der Waals surface area contributed by atoms with Crippen LogP contribution in [0, 0.1) is 0 Å². The number of methoxy groups -OCH3 is 1. The van der Waals surface area contributed by atoms with Crippen LogP contribution in [0.1, 0.15) is 28.4 Å². The van der Waals surface area contributed by atoms with Gasteiger partial charge >= 0.3 is 0 Å². The number of fused-ring (bicyclic) bond motifs is 5. The zero-order valence-corrected chi connectivity index (χ0v) is 16.4. The fraction of sp³-hybridized carbons (Fsp3) is 0.250. The maximum atomic E-state index is 10.9. The summed E-state index contributed by atoms with van der Waals surface area (Å²) in [5.74, 6) is 1.20. The van der Waals surface area contributed by atoms with Gasteiger partial charge < -0.3 is 29.9 Å². The zero-order chi connectivity index (χ0) is 21.0. The monoisotopic (exact) mass is 406 g/mol. The van der Waals surface area contributed by atoms with E-state index in [0.29, 0.717) is 29.9 Å². The Hall–Kier alpha value is -3.38. The van der Waals surface area contributed by atoms with Crippen LogP contribution in [0.15, 0.2) is 42.5 Å². The van der Waals surface area contributed by atoms with Crippen molar-refractivity contribution in [1.29, 1.82) is 0 Å². The van der Waals surface area contributed by atoms with Crippen LogP contribution >= 0.6 is 0 Å². The molecule has 3 aromatic rings. The Morgan fingerprint density at radius 1 is 0.933 bits per heavy atom. The largest absolute Gasteiger partial charge is 0.508 e. The van der Waals surface area contributed by atoms with Gasteiger partial charge in [0.2, 0.25) is 0 Å². The van der Waals surface area contributed by atoms with Crippen molar-refractivity contribution in [3.05, 3.63) is 64.7 Å². The summed E-state index contributed by atoms with van der Waals surface area (Å²) in [4.78, 5) is 0. The number of ether oxygens (including phenoxy) is 2. The molecule has 2 aliphatic rings. The van der Waals surface area contributed by atoms with Crippen LogP contribution in [0.25, 0.3) is 11.1 Å². The summed E-state index contributed by atoms with van der Waals surface area (Å²) in [7, 11) is 1.47. The lowest BCUT2D eigenvalue weighted by Crippen LogP contribution is -2.31. The van der Waals surface area contributed by atoms with Crippen molar-refractivity contribution in [2.75, 3.05) is 7.11 Å². The number of rotatable bonds is 2. The van der Waals surface area contributed by atoms with Crippen LogP contribution < -0.4 is 9.47 Å². The Kier molecular flexibility index (Phi) is 4.25. The third-order valence-corrected chi connectivity index (χ3v) is 6.04. The minimum atomic E-state index is -0.790. The van der Waals surface area contributed by atoms with E-state index in [0.717, 1.165) is 34.2 Å². The van der Waals surface area contributed by atoms with Gasteiger partial charge in [0.1, 0.15) is 23.4 Å². The number of aromatic hydroxyl groups is 3. The second kappa shape index (κ2) is 6.85. The van der Waals surface area contributed by atoms with Gasteiger partial charge in [0.25, 0.3) is 0 Å². The van der Waals surface area contributed by atoms with Crippen LogP contribution in [-0.2, 0) is 19.3 Å². The Morgan fingerprint density at radius 2 is 1.77 bits per heavy atom. The summed E-state index contributed by atoms with van der Waals surface area (Å²) in [6.07, 6.45) is 0.385. The van der Waals surface area contributed by atoms with E-state index in [4.69, 9.17) is 9.47 Å². The molecule has 0 radical (unpaired) electrons. The standard InChI is InChI=1S/C24H22O6/c1-29-22-9-13(3-7-18(22)26)24-20(28)10-17-16-5-2-12-8-14(25)4-6-15(12)23(16)19(27)11-21(17)30-24/h3-4,6-9,11,20,24-28H,2,5,10H2,1H3. The maximum absolute atomic E-state index is 10.9. The van der Waals surface area contributed by atoms with Gasteiger partial charge in [0, 0.05) is 23.6 Å². The lowest BCUT2D eigenvalue weighted by atomic mass is 9.80. The number of aryl methyl sites for hydroxylation is 1. The summed E-state index contributed by atoms with van der Waals surface area (Å²) in [5.41, 5.74) is 5.19. The van der Waals surface area contributed by atoms with Crippen molar-refractivity contribution in [3.8, 4) is 39.9 Å². The van der Waals surface area contributed by atoms with E-state index in [2.05, 4.69) is 0 Å². The molecular weight excluding hydrogens is 384 g/mol. The Balaban J connectivity index is 1.58. The molecule has 4 N–H and O–H groups in total. The highest BCUT2D eigenvalue weighted by Gasteiger charge is 2.35. The van der Waals surface area contributed by atoms with E-state index in [-0.39, 0.29) is 17.2 Å². The summed E-state index contributed by atoms with van der Waals surface area (Å²) < 4.78 is 11.3. The van der Waals surface area contributed by atoms with E-state index >= 15 is 0 Å². The highest BCUT2D eigenvalue weighted by Crippen LogP contribution is 2.48. The number of hydrogen-bond donors (Lipinski definition) is 4. The average Bonchev–Trinajstić information content (AvgIpc) is 2.74. The van der Waals surface area contributed by atoms with E-state index in [1.165, 1.54) is 13.2 Å². The predicted molar refractivity (Wildman–Crippen MR) is 110 cm³/mol. The lowest BCUT2D eigenvalue weighted by Gasteiger charge is -2.34. The molecule has 0 bridgehead atoms. The smallest absolute Gasteiger partial charge is 0.160 e. The molecule has 6 nitrogen and oxygen atoms in total. The molecule has 1 heterocycles. The SMILES string of the molecule is COc1cc(C2Oc3cc(O)c4c(c3CC2O)CCc2cc(O)ccc2-4)ccc1O. The molecule has 1 aliphatic carbocycles. The fourth-order valence-corrected chi connectivity index (χ4v) is 4.63. The molecule has 154 valence electrons. The van der Waals surface area contributed by atoms with Crippen LogP contribution in [0.3, 0.4) is 0 Å². The molecule has 2 atom stereocenters. The number of aliphatic hydroxyl groups is 1. The molecule has 0 saturated carbocycles. The van der Waals surface area contributed by atoms with E-state index in [1.54, 1.807) is 30.3 Å². The Morgan fingerprint density at radius 3 is 2.57 bits per heavy atom. The first-order chi connectivity index (χ1) is 14.5. The number of hydrogen-bond acceptors (Lipinski definition) is 6. The first-order valence-corrected chi connectivity index (χ1v) is 9.88. The van der Waals surface area contributed by atoms with E-state index in [1.807, 2.05) is 6.07 Å². The lowest BCUT2D eigenvalue weighted by molar-refractivity contribution is 0.0202. The molecule has 3 aromatic carbocycles. The Bertz CT molecular complexity index is 1150. The van der Waals surface area contributed by atoms with E-state index in [9.17, 15) is 20.4 Å². The second-order valence-electron chi connectivity index (χ2n) is 7.81. The van der Waals surface area contributed by atoms with E-state index < -0.39 is 12.2 Å². The second-order valence-corrected chi connectivity index (χ2v) is 7.81. The number of phenolic OH excluding ortho intramolecular Hbond substituents is 3. The van der Waals surface area contributed by atoms with Gasteiger partial charge in [0.05, 0.1) is 13.2 Å².